The van der Waals surface area contributed by atoms with Crippen molar-refractivity contribution in [1.82, 2.24) is 4.90 Å². The van der Waals surface area contributed by atoms with E-state index in [9.17, 15) is 35.9 Å². The largest absolute Gasteiger partial charge is 0.493 e. The third-order valence-corrected chi connectivity index (χ3v) is 8.88. The molecule has 57 heavy (non-hydrogen) atoms. The molecule has 5 aromatic carbocycles. The smallest absolute Gasteiger partial charge is 0.417 e. The molecule has 1 aliphatic heterocycles. The van der Waals surface area contributed by atoms with Gasteiger partial charge in [-0.2, -0.15) is 26.3 Å². The molecule has 0 aliphatic carbocycles. The number of benzene rings is 5. The van der Waals surface area contributed by atoms with Gasteiger partial charge in [0.15, 0.2) is 0 Å². The van der Waals surface area contributed by atoms with Crippen molar-refractivity contribution < 1.29 is 50.1 Å². The van der Waals surface area contributed by atoms with Gasteiger partial charge in [-0.25, -0.2) is 4.79 Å². The number of rotatable bonds is 13. The van der Waals surface area contributed by atoms with E-state index < -0.39 is 46.5 Å². The lowest BCUT2D eigenvalue weighted by Gasteiger charge is -2.26. The molecule has 0 atom stereocenters. The van der Waals surface area contributed by atoms with E-state index in [2.05, 4.69) is 20.9 Å². The van der Waals surface area contributed by atoms with Gasteiger partial charge in [0.25, 0.3) is 5.91 Å². The van der Waals surface area contributed by atoms with Crippen molar-refractivity contribution in [3.63, 3.8) is 0 Å². The Bertz CT molecular complexity index is 2160. The number of morpholine rings is 1. The topological polar surface area (TPSA) is 101 Å². The Kier molecular flexibility index (Phi) is 13.0. The summed E-state index contributed by atoms with van der Waals surface area (Å²) in [6, 6.07) is 25.7. The highest BCUT2D eigenvalue weighted by Crippen LogP contribution is 2.44. The Morgan fingerprint density at radius 3 is 1.86 bits per heavy atom. The molecule has 1 saturated heterocycles. The number of hydrogen-bond acceptors (Lipinski definition) is 6. The summed E-state index contributed by atoms with van der Waals surface area (Å²) in [5.74, 6) is -0.00462. The minimum absolute atomic E-state index is 0.239. The van der Waals surface area contributed by atoms with E-state index >= 15 is 0 Å². The number of alkyl halides is 6. The second-order valence-corrected chi connectivity index (χ2v) is 13.0. The molecule has 1 heterocycles. The van der Waals surface area contributed by atoms with Crippen LogP contribution in [0, 0.1) is 0 Å². The van der Waals surface area contributed by atoms with Gasteiger partial charge in [0.05, 0.1) is 30.9 Å². The van der Waals surface area contributed by atoms with Crippen molar-refractivity contribution >= 4 is 29.0 Å². The maximum absolute atomic E-state index is 14.4. The summed E-state index contributed by atoms with van der Waals surface area (Å²) >= 11 is 0. The molecule has 0 unspecified atom stereocenters. The SMILES string of the molecule is O=C(Nc1cccc(OCc2ccccc2)c1)Nc1ccc(C(F)(F)F)c(-c2cc(C(=O)Nc3cccc(OCCCN4CCOCC4)c3)ccc2C(F)(F)F)c1. The molecule has 0 aromatic heterocycles. The number of carbonyl (C=O) groups excluding carboxylic acids is 2. The quantitative estimate of drug-likeness (QED) is 0.0811. The Hall–Kier alpha value is -6.06. The summed E-state index contributed by atoms with van der Waals surface area (Å²) < 4.78 is 103. The van der Waals surface area contributed by atoms with Crippen LogP contribution < -0.4 is 25.4 Å². The molecule has 1 aliphatic rings. The molecule has 0 radical (unpaired) electrons. The van der Waals surface area contributed by atoms with Crippen LogP contribution >= 0.6 is 0 Å². The standard InChI is InChI=1S/C42H38F6N4O5/c43-41(44,45)37-15-13-29(39(53)49-30-9-4-11-33(24-30)56-20-6-17-52-18-21-55-22-19-52)23-35(37)36-26-32(14-16-38(36)42(46,47)48)51-40(54)50-31-10-5-12-34(25-31)57-27-28-7-2-1-3-8-28/h1-5,7-16,23-26H,6,17-22,27H2,(H,49,53)(H2,50,51,54). The van der Waals surface area contributed by atoms with E-state index in [4.69, 9.17) is 14.2 Å². The number of anilines is 3. The van der Waals surface area contributed by atoms with Crippen molar-refractivity contribution in [3.05, 3.63) is 138 Å². The Balaban J connectivity index is 1.19. The number of amides is 3. The molecule has 0 spiro atoms. The summed E-state index contributed by atoms with van der Waals surface area (Å²) in [6.07, 6.45) is -9.46. The number of carbonyl (C=O) groups is 2. The Morgan fingerprint density at radius 2 is 1.21 bits per heavy atom. The summed E-state index contributed by atoms with van der Waals surface area (Å²) in [5.41, 5.74) is -3.75. The predicted octanol–water partition coefficient (Wildman–Crippen LogP) is 9.97. The zero-order chi connectivity index (χ0) is 40.4. The molecule has 15 heteroatoms. The van der Waals surface area contributed by atoms with Crippen molar-refractivity contribution in [1.29, 1.82) is 0 Å². The maximum Gasteiger partial charge on any atom is 0.417 e. The first-order valence-electron chi connectivity index (χ1n) is 17.9. The highest BCUT2D eigenvalue weighted by molar-refractivity contribution is 6.05. The minimum atomic E-state index is -5.10. The lowest BCUT2D eigenvalue weighted by molar-refractivity contribution is -0.139. The van der Waals surface area contributed by atoms with E-state index in [-0.39, 0.29) is 29.2 Å². The Morgan fingerprint density at radius 1 is 0.632 bits per heavy atom. The average molecular weight is 793 g/mol. The fourth-order valence-electron chi connectivity index (χ4n) is 6.12. The third kappa shape index (κ3) is 11.5. The highest BCUT2D eigenvalue weighted by Gasteiger charge is 2.39. The molecular weight excluding hydrogens is 754 g/mol. The first-order valence-corrected chi connectivity index (χ1v) is 17.9. The first-order chi connectivity index (χ1) is 27.3. The van der Waals surface area contributed by atoms with Crippen molar-refractivity contribution in [2.45, 2.75) is 25.4 Å². The number of nitrogens with zero attached hydrogens (tertiary/aromatic N) is 1. The maximum atomic E-state index is 14.4. The van der Waals surface area contributed by atoms with Gasteiger partial charge in [0.1, 0.15) is 18.1 Å². The molecule has 9 nitrogen and oxygen atoms in total. The predicted molar refractivity (Wildman–Crippen MR) is 204 cm³/mol. The molecule has 1 fully saturated rings. The summed E-state index contributed by atoms with van der Waals surface area (Å²) in [6.45, 7) is 4.51. The van der Waals surface area contributed by atoms with Crippen molar-refractivity contribution in [2.24, 2.45) is 0 Å². The van der Waals surface area contributed by atoms with Crippen LogP contribution in [0.5, 0.6) is 11.5 Å². The fraction of sp³-hybridized carbons (Fsp3) is 0.238. The zero-order valence-electron chi connectivity index (χ0n) is 30.4. The van der Waals surface area contributed by atoms with Gasteiger partial charge in [-0.15, -0.1) is 0 Å². The summed E-state index contributed by atoms with van der Waals surface area (Å²) in [5, 5.41) is 7.52. The second kappa shape index (κ2) is 18.3. The third-order valence-electron chi connectivity index (χ3n) is 8.88. The van der Waals surface area contributed by atoms with Crippen LogP contribution in [0.1, 0.15) is 33.5 Å². The van der Waals surface area contributed by atoms with E-state index in [1.54, 1.807) is 36.4 Å². The van der Waals surface area contributed by atoms with Crippen LogP contribution in [0.25, 0.3) is 11.1 Å². The van der Waals surface area contributed by atoms with Crippen LogP contribution in [-0.2, 0) is 23.7 Å². The van der Waals surface area contributed by atoms with E-state index in [0.29, 0.717) is 43.5 Å². The summed E-state index contributed by atoms with van der Waals surface area (Å²) in [7, 11) is 0. The van der Waals surface area contributed by atoms with Crippen LogP contribution in [0.2, 0.25) is 0 Å². The molecular formula is C42H38F6N4O5. The van der Waals surface area contributed by atoms with Crippen LogP contribution in [0.15, 0.2) is 115 Å². The lowest BCUT2D eigenvalue weighted by atomic mass is 9.92. The van der Waals surface area contributed by atoms with Crippen LogP contribution in [-0.4, -0.2) is 56.3 Å². The van der Waals surface area contributed by atoms with Gasteiger partial charge in [-0.3, -0.25) is 9.69 Å². The van der Waals surface area contributed by atoms with Crippen molar-refractivity contribution in [2.75, 3.05) is 55.4 Å². The van der Waals surface area contributed by atoms with Crippen LogP contribution in [0.3, 0.4) is 0 Å². The second-order valence-electron chi connectivity index (χ2n) is 13.0. The van der Waals surface area contributed by atoms with Gasteiger partial charge in [0.2, 0.25) is 0 Å². The highest BCUT2D eigenvalue weighted by atomic mass is 19.4. The fourth-order valence-corrected chi connectivity index (χ4v) is 6.12. The molecule has 3 N–H and O–H groups in total. The number of urea groups is 1. The summed E-state index contributed by atoms with van der Waals surface area (Å²) in [4.78, 5) is 28.6. The van der Waals surface area contributed by atoms with E-state index in [1.165, 1.54) is 12.1 Å². The van der Waals surface area contributed by atoms with Crippen molar-refractivity contribution in [3.8, 4) is 22.6 Å². The minimum Gasteiger partial charge on any atom is -0.493 e. The average Bonchev–Trinajstić information content (AvgIpc) is 3.19. The lowest BCUT2D eigenvalue weighted by Crippen LogP contribution is -2.37. The first kappa shape index (κ1) is 40.6. The number of nitrogens with one attached hydrogen (secondary N) is 3. The van der Waals surface area contributed by atoms with Gasteiger partial charge in [0, 0.05) is 54.4 Å². The van der Waals surface area contributed by atoms with Gasteiger partial charge >= 0.3 is 18.4 Å². The van der Waals surface area contributed by atoms with E-state index in [0.717, 1.165) is 55.9 Å². The normalized spacial score (nSPS) is 13.4. The van der Waals surface area contributed by atoms with Crippen LogP contribution in [0.4, 0.5) is 48.2 Å². The number of ether oxygens (including phenoxy) is 3. The van der Waals surface area contributed by atoms with Gasteiger partial charge in [-0.05, 0) is 83.8 Å². The number of hydrogen-bond donors (Lipinski definition) is 3. The molecule has 5 aromatic rings. The van der Waals surface area contributed by atoms with E-state index in [1.807, 2.05) is 30.3 Å². The molecule has 0 bridgehead atoms. The number of halogens is 6. The zero-order valence-corrected chi connectivity index (χ0v) is 30.4. The van der Waals surface area contributed by atoms with Gasteiger partial charge < -0.3 is 30.2 Å². The Labute approximate surface area is 324 Å². The molecule has 3 amide bonds. The molecule has 298 valence electrons. The molecule has 0 saturated carbocycles. The van der Waals surface area contributed by atoms with Gasteiger partial charge in [-0.1, -0.05) is 42.5 Å². The molecule has 6 rings (SSSR count). The monoisotopic (exact) mass is 792 g/mol.